The Morgan fingerprint density at radius 3 is 1.23 bits per heavy atom. The van der Waals surface area contributed by atoms with Gasteiger partial charge in [0.1, 0.15) is 0 Å². The van der Waals surface area contributed by atoms with E-state index in [2.05, 4.69) is 24.5 Å². The highest BCUT2D eigenvalue weighted by atomic mass is 16.1. The number of benzene rings is 2. The molecule has 120 valence electrons. The van der Waals surface area contributed by atoms with E-state index in [1.807, 2.05) is 74.8 Å². The number of nitrogens with one attached hydrogen (secondary N) is 2. The van der Waals surface area contributed by atoms with Gasteiger partial charge in [-0.05, 0) is 27.2 Å². The summed E-state index contributed by atoms with van der Waals surface area (Å²) in [4.78, 5) is 11.8. The molecule has 2 aromatic carbocycles. The normalized spacial score (nSPS) is 8.91. The molecule has 0 heterocycles. The van der Waals surface area contributed by atoms with Crippen molar-refractivity contribution in [2.24, 2.45) is 0 Å². The van der Waals surface area contributed by atoms with Gasteiger partial charge in [0.15, 0.2) is 5.78 Å². The average molecular weight is 300 g/mol. The largest absolute Gasteiger partial charge is 0.320 e. The fraction of sp³-hybridized carbons (Fsp3) is 0.316. The number of rotatable bonds is 4. The first kappa shape index (κ1) is 20.0. The van der Waals surface area contributed by atoms with E-state index in [1.165, 1.54) is 0 Å². The predicted molar refractivity (Wildman–Crippen MR) is 95.5 cm³/mol. The molecule has 3 nitrogen and oxygen atoms in total. The van der Waals surface area contributed by atoms with E-state index in [-0.39, 0.29) is 5.78 Å². The molecule has 2 aromatic rings. The van der Waals surface area contributed by atoms with E-state index in [9.17, 15) is 4.79 Å². The minimum Gasteiger partial charge on any atom is -0.320 e. The molecule has 0 spiro atoms. The van der Waals surface area contributed by atoms with Crippen molar-refractivity contribution in [3.63, 3.8) is 0 Å². The van der Waals surface area contributed by atoms with Crippen LogP contribution in [0.25, 0.3) is 0 Å². The van der Waals surface area contributed by atoms with Gasteiger partial charge in [-0.3, -0.25) is 4.79 Å². The number of carbonyl (C=O) groups is 1. The van der Waals surface area contributed by atoms with Crippen LogP contribution in [0, 0.1) is 0 Å². The number of hydrogen-bond donors (Lipinski definition) is 2. The summed E-state index contributed by atoms with van der Waals surface area (Å²) < 4.78 is 0. The third kappa shape index (κ3) is 9.06. The van der Waals surface area contributed by atoms with Crippen molar-refractivity contribution in [3.05, 3.63) is 71.8 Å². The first-order valence-electron chi connectivity index (χ1n) is 7.65. The van der Waals surface area contributed by atoms with Crippen LogP contribution < -0.4 is 10.6 Å². The van der Waals surface area contributed by atoms with E-state index < -0.39 is 0 Å². The van der Waals surface area contributed by atoms with Crippen LogP contribution in [-0.2, 0) is 0 Å². The first-order chi connectivity index (χ1) is 10.7. The molecular formula is C19H28N2O. The molecule has 0 amide bonds. The first-order valence-corrected chi connectivity index (χ1v) is 7.65. The Kier molecular flexibility index (Phi) is 12.7. The summed E-state index contributed by atoms with van der Waals surface area (Å²) in [5.41, 5.74) is 1.47. The molecule has 0 atom stereocenters. The summed E-state index contributed by atoms with van der Waals surface area (Å²) in [7, 11) is 3.86. The van der Waals surface area contributed by atoms with Gasteiger partial charge >= 0.3 is 0 Å². The average Bonchev–Trinajstić information content (AvgIpc) is 2.63. The number of carbonyl (C=O) groups excluding carboxylic acids is 1. The number of ketones is 1. The van der Waals surface area contributed by atoms with Crippen LogP contribution >= 0.6 is 0 Å². The Morgan fingerprint density at radius 1 is 0.727 bits per heavy atom. The van der Waals surface area contributed by atoms with Crippen molar-refractivity contribution in [2.45, 2.75) is 13.8 Å². The van der Waals surface area contributed by atoms with Crippen LogP contribution in [0.2, 0.25) is 0 Å². The third-order valence-electron chi connectivity index (χ3n) is 2.78. The van der Waals surface area contributed by atoms with Gasteiger partial charge in [0, 0.05) is 11.1 Å². The van der Waals surface area contributed by atoms with Crippen LogP contribution in [0.1, 0.15) is 29.8 Å². The van der Waals surface area contributed by atoms with E-state index in [4.69, 9.17) is 0 Å². The van der Waals surface area contributed by atoms with Gasteiger partial charge in [0.05, 0.1) is 0 Å². The van der Waals surface area contributed by atoms with Gasteiger partial charge in [-0.15, -0.1) is 0 Å². The Labute approximate surface area is 134 Å². The van der Waals surface area contributed by atoms with Gasteiger partial charge in [-0.25, -0.2) is 0 Å². The lowest BCUT2D eigenvalue weighted by Gasteiger charge is -1.99. The maximum atomic E-state index is 11.8. The van der Waals surface area contributed by atoms with Crippen molar-refractivity contribution < 1.29 is 4.79 Å². The summed E-state index contributed by atoms with van der Waals surface area (Å²) in [5, 5.41) is 5.86. The molecule has 0 saturated carbocycles. The molecular weight excluding hydrogens is 272 g/mol. The van der Waals surface area contributed by atoms with Crippen molar-refractivity contribution in [1.29, 1.82) is 0 Å². The Morgan fingerprint density at radius 2 is 1.00 bits per heavy atom. The van der Waals surface area contributed by atoms with Crippen molar-refractivity contribution in [2.75, 3.05) is 27.2 Å². The lowest BCUT2D eigenvalue weighted by atomic mass is 10.0. The highest BCUT2D eigenvalue weighted by molar-refractivity contribution is 6.08. The minimum absolute atomic E-state index is 0.0752. The molecule has 0 unspecified atom stereocenters. The minimum atomic E-state index is 0.0752. The highest BCUT2D eigenvalue weighted by Crippen LogP contribution is 2.08. The Balaban J connectivity index is 0.000000464. The molecule has 2 rings (SSSR count). The van der Waals surface area contributed by atoms with Crippen molar-refractivity contribution in [3.8, 4) is 0 Å². The summed E-state index contributed by atoms with van der Waals surface area (Å²) in [5.74, 6) is 0.0752. The molecule has 22 heavy (non-hydrogen) atoms. The standard InChI is InChI=1S/C13H10O.2C3H9N/c14-13(11-7-3-1-4-8-11)12-9-5-2-6-10-12;2*1-3-4-2/h1-10H;2*4H,3H2,1-2H3. The Hall–Kier alpha value is -1.97. The van der Waals surface area contributed by atoms with E-state index in [0.29, 0.717) is 0 Å². The monoisotopic (exact) mass is 300 g/mol. The Bertz CT molecular complexity index is 434. The molecule has 0 aromatic heterocycles. The van der Waals surface area contributed by atoms with Gasteiger partial charge in [0.2, 0.25) is 0 Å². The second-order valence-electron chi connectivity index (χ2n) is 4.48. The lowest BCUT2D eigenvalue weighted by molar-refractivity contribution is 0.103. The zero-order chi connectivity index (χ0) is 16.6. The molecule has 0 radical (unpaired) electrons. The van der Waals surface area contributed by atoms with Crippen LogP contribution in [0.4, 0.5) is 0 Å². The molecule has 0 aliphatic heterocycles. The zero-order valence-electron chi connectivity index (χ0n) is 14.1. The summed E-state index contributed by atoms with van der Waals surface area (Å²) in [6.07, 6.45) is 0. The third-order valence-corrected chi connectivity index (χ3v) is 2.78. The summed E-state index contributed by atoms with van der Waals surface area (Å²) in [6.45, 7) is 6.28. The van der Waals surface area contributed by atoms with Crippen LogP contribution in [0.15, 0.2) is 60.7 Å². The van der Waals surface area contributed by atoms with Crippen LogP contribution in [-0.4, -0.2) is 33.0 Å². The van der Waals surface area contributed by atoms with E-state index in [0.717, 1.165) is 24.2 Å². The molecule has 0 saturated heterocycles. The van der Waals surface area contributed by atoms with E-state index >= 15 is 0 Å². The SMILES string of the molecule is CCNC.CCNC.O=C(c1ccccc1)c1ccccc1. The quantitative estimate of drug-likeness (QED) is 0.851. The molecule has 0 bridgehead atoms. The van der Waals surface area contributed by atoms with Crippen molar-refractivity contribution >= 4 is 5.78 Å². The van der Waals surface area contributed by atoms with Gasteiger partial charge in [0.25, 0.3) is 0 Å². The number of hydrogen-bond acceptors (Lipinski definition) is 3. The lowest BCUT2D eigenvalue weighted by Crippen LogP contribution is -2.01. The van der Waals surface area contributed by atoms with E-state index in [1.54, 1.807) is 0 Å². The topological polar surface area (TPSA) is 41.1 Å². The second-order valence-corrected chi connectivity index (χ2v) is 4.48. The molecule has 0 aliphatic rings. The van der Waals surface area contributed by atoms with Gasteiger partial charge < -0.3 is 10.6 Å². The van der Waals surface area contributed by atoms with Gasteiger partial charge in [-0.1, -0.05) is 74.5 Å². The van der Waals surface area contributed by atoms with Crippen molar-refractivity contribution in [1.82, 2.24) is 10.6 Å². The maximum absolute atomic E-state index is 11.8. The fourth-order valence-electron chi connectivity index (χ4n) is 1.35. The zero-order valence-corrected chi connectivity index (χ0v) is 14.1. The summed E-state index contributed by atoms with van der Waals surface area (Å²) >= 11 is 0. The molecule has 0 aliphatic carbocycles. The smallest absolute Gasteiger partial charge is 0.193 e. The second kappa shape index (κ2) is 14.0. The molecule has 2 N–H and O–H groups in total. The molecule has 3 heteroatoms. The maximum Gasteiger partial charge on any atom is 0.193 e. The summed E-state index contributed by atoms with van der Waals surface area (Å²) in [6, 6.07) is 18.6. The van der Waals surface area contributed by atoms with Gasteiger partial charge in [-0.2, -0.15) is 0 Å². The predicted octanol–water partition coefficient (Wildman–Crippen LogP) is 3.37. The molecule has 0 fully saturated rings. The fourth-order valence-corrected chi connectivity index (χ4v) is 1.35. The highest BCUT2D eigenvalue weighted by Gasteiger charge is 2.06. The van der Waals surface area contributed by atoms with Crippen LogP contribution in [0.3, 0.4) is 0 Å². The van der Waals surface area contributed by atoms with Crippen LogP contribution in [0.5, 0.6) is 0 Å².